The third-order valence-corrected chi connectivity index (χ3v) is 1.49. The number of carbonyl (C=O) groups excluding carboxylic acids is 1. The Balaban J connectivity index is 2.42. The highest BCUT2D eigenvalue weighted by Crippen LogP contribution is 2.07. The highest BCUT2D eigenvalue weighted by Gasteiger charge is 2.22. The molecule has 3 nitrogen and oxygen atoms in total. The summed E-state index contributed by atoms with van der Waals surface area (Å²) in [6.07, 6.45) is 0.572. The molecule has 1 amide bonds. The maximum Gasteiger partial charge on any atom is 0.249 e. The second-order valence-electron chi connectivity index (χ2n) is 1.70. The van der Waals surface area contributed by atoms with Gasteiger partial charge in [0.15, 0.2) is 0 Å². The third kappa shape index (κ3) is 0.984. The van der Waals surface area contributed by atoms with E-state index >= 15 is 0 Å². The van der Waals surface area contributed by atoms with Crippen molar-refractivity contribution in [3.8, 4) is 0 Å². The number of carbonyl (C=O) groups is 1. The topological polar surface area (TPSA) is 38.3 Å². The Hall–Kier alpha value is -0.140. The van der Waals surface area contributed by atoms with Crippen molar-refractivity contribution in [1.82, 2.24) is 5.32 Å². The van der Waals surface area contributed by atoms with Crippen LogP contribution >= 0.6 is 9.47 Å². The monoisotopic (exact) mass is 133 g/mol. The van der Waals surface area contributed by atoms with E-state index in [2.05, 4.69) is 14.8 Å². The fourth-order valence-corrected chi connectivity index (χ4v) is 0.961. The predicted octanol–water partition coefficient (Wildman–Crippen LogP) is -0.318. The van der Waals surface area contributed by atoms with E-state index in [4.69, 9.17) is 4.52 Å². The quantitative estimate of drug-likeness (QED) is 0.498. The van der Waals surface area contributed by atoms with Crippen molar-refractivity contribution >= 4 is 15.4 Å². The molecule has 0 aromatic rings. The van der Waals surface area contributed by atoms with Gasteiger partial charge in [-0.05, 0) is 0 Å². The first kappa shape index (κ1) is 5.99. The van der Waals surface area contributed by atoms with Crippen molar-refractivity contribution in [2.45, 2.75) is 12.5 Å². The molecule has 0 radical (unpaired) electrons. The number of amides is 1. The normalized spacial score (nSPS) is 28.1. The SMILES string of the molecule is O=C1NCCC1OP. The van der Waals surface area contributed by atoms with Crippen molar-refractivity contribution in [3.05, 3.63) is 0 Å². The van der Waals surface area contributed by atoms with Crippen LogP contribution in [-0.4, -0.2) is 18.6 Å². The predicted molar refractivity (Wildman–Crippen MR) is 32.2 cm³/mol. The van der Waals surface area contributed by atoms with E-state index in [0.717, 1.165) is 13.0 Å². The Morgan fingerprint density at radius 1 is 1.88 bits per heavy atom. The van der Waals surface area contributed by atoms with Crippen molar-refractivity contribution in [2.24, 2.45) is 0 Å². The molecule has 46 valence electrons. The van der Waals surface area contributed by atoms with Gasteiger partial charge in [0.05, 0.1) is 0 Å². The van der Waals surface area contributed by atoms with Gasteiger partial charge in [0.2, 0.25) is 5.91 Å². The standard InChI is InChI=1S/C4H8NO2P/c6-4-3(7-8)1-2-5-4/h3H,1-2,8H2,(H,5,6). The number of hydrogen-bond donors (Lipinski definition) is 1. The van der Waals surface area contributed by atoms with E-state index in [1.165, 1.54) is 0 Å². The lowest BCUT2D eigenvalue weighted by atomic mass is 10.3. The van der Waals surface area contributed by atoms with Gasteiger partial charge in [-0.2, -0.15) is 0 Å². The van der Waals surface area contributed by atoms with Gasteiger partial charge in [0.1, 0.15) is 6.10 Å². The van der Waals surface area contributed by atoms with Crippen LogP contribution in [0.25, 0.3) is 0 Å². The molecule has 2 unspecified atom stereocenters. The van der Waals surface area contributed by atoms with Crippen LogP contribution in [0.15, 0.2) is 0 Å². The summed E-state index contributed by atoms with van der Waals surface area (Å²) in [4.78, 5) is 10.6. The fourth-order valence-electron chi connectivity index (χ4n) is 0.701. The van der Waals surface area contributed by atoms with E-state index in [1.54, 1.807) is 0 Å². The molecule has 0 spiro atoms. The van der Waals surface area contributed by atoms with Gasteiger partial charge in [-0.3, -0.25) is 4.79 Å². The van der Waals surface area contributed by atoms with Gasteiger partial charge >= 0.3 is 0 Å². The number of nitrogens with one attached hydrogen (secondary N) is 1. The molecule has 1 N–H and O–H groups in total. The van der Waals surface area contributed by atoms with Crippen molar-refractivity contribution in [2.75, 3.05) is 6.54 Å². The van der Waals surface area contributed by atoms with Crippen LogP contribution in [0.1, 0.15) is 6.42 Å². The molecule has 2 atom stereocenters. The summed E-state index contributed by atoms with van der Waals surface area (Å²) in [7, 11) is 2.09. The first-order valence-corrected chi connectivity index (χ1v) is 2.95. The highest BCUT2D eigenvalue weighted by molar-refractivity contribution is 7.09. The largest absolute Gasteiger partial charge is 0.354 e. The minimum absolute atomic E-state index is 0.000000000000000444. The smallest absolute Gasteiger partial charge is 0.249 e. The molecular formula is C4H8NO2P. The van der Waals surface area contributed by atoms with E-state index in [-0.39, 0.29) is 12.0 Å². The lowest BCUT2D eigenvalue weighted by Crippen LogP contribution is -2.22. The summed E-state index contributed by atoms with van der Waals surface area (Å²) in [5.41, 5.74) is 0. The van der Waals surface area contributed by atoms with Crippen molar-refractivity contribution in [1.29, 1.82) is 0 Å². The summed E-state index contributed by atoms with van der Waals surface area (Å²) >= 11 is 0. The van der Waals surface area contributed by atoms with Gasteiger partial charge < -0.3 is 9.84 Å². The van der Waals surface area contributed by atoms with Gasteiger partial charge in [0.25, 0.3) is 0 Å². The maximum atomic E-state index is 10.6. The molecule has 1 aliphatic heterocycles. The Bertz CT molecular complexity index is 106. The Kier molecular flexibility index (Phi) is 1.81. The summed E-state index contributed by atoms with van der Waals surface area (Å²) in [5, 5.41) is 2.64. The Labute approximate surface area is 50.1 Å². The molecule has 1 fully saturated rings. The molecule has 4 heteroatoms. The second kappa shape index (κ2) is 2.42. The van der Waals surface area contributed by atoms with Crippen molar-refractivity contribution in [3.63, 3.8) is 0 Å². The van der Waals surface area contributed by atoms with E-state index in [1.807, 2.05) is 0 Å². The zero-order valence-corrected chi connectivity index (χ0v) is 5.54. The Morgan fingerprint density at radius 2 is 2.62 bits per heavy atom. The molecule has 0 aliphatic carbocycles. The lowest BCUT2D eigenvalue weighted by Gasteiger charge is -1.99. The van der Waals surface area contributed by atoms with E-state index in [0.29, 0.717) is 0 Å². The van der Waals surface area contributed by atoms with Gasteiger partial charge in [-0.1, -0.05) is 0 Å². The van der Waals surface area contributed by atoms with Gasteiger partial charge in [0, 0.05) is 22.4 Å². The molecule has 0 bridgehead atoms. The van der Waals surface area contributed by atoms with Crippen LogP contribution in [0.4, 0.5) is 0 Å². The molecule has 1 saturated heterocycles. The van der Waals surface area contributed by atoms with Crippen molar-refractivity contribution < 1.29 is 9.32 Å². The zero-order chi connectivity index (χ0) is 5.98. The molecule has 0 saturated carbocycles. The molecule has 0 aromatic heterocycles. The van der Waals surface area contributed by atoms with E-state index in [9.17, 15) is 4.79 Å². The van der Waals surface area contributed by atoms with Crippen LogP contribution in [0.5, 0.6) is 0 Å². The van der Waals surface area contributed by atoms with Crippen LogP contribution in [0.2, 0.25) is 0 Å². The minimum atomic E-state index is -0.222. The maximum absolute atomic E-state index is 10.6. The average Bonchev–Trinajstić information content (AvgIpc) is 2.14. The molecule has 1 heterocycles. The van der Waals surface area contributed by atoms with E-state index < -0.39 is 0 Å². The summed E-state index contributed by atoms with van der Waals surface area (Å²) in [5.74, 6) is 0.000000000000000444. The second-order valence-corrected chi connectivity index (χ2v) is 1.98. The molecule has 0 aromatic carbocycles. The first-order valence-electron chi connectivity index (χ1n) is 2.48. The molecule has 1 aliphatic rings. The minimum Gasteiger partial charge on any atom is -0.354 e. The van der Waals surface area contributed by atoms with Crippen LogP contribution in [-0.2, 0) is 9.32 Å². The van der Waals surface area contributed by atoms with Crippen LogP contribution < -0.4 is 5.32 Å². The average molecular weight is 133 g/mol. The van der Waals surface area contributed by atoms with Crippen LogP contribution in [0.3, 0.4) is 0 Å². The summed E-state index contributed by atoms with van der Waals surface area (Å²) in [6, 6.07) is 0. The first-order chi connectivity index (χ1) is 3.84. The highest BCUT2D eigenvalue weighted by atomic mass is 31.0. The summed E-state index contributed by atoms with van der Waals surface area (Å²) in [6.45, 7) is 0.748. The summed E-state index contributed by atoms with van der Waals surface area (Å²) < 4.78 is 4.73. The van der Waals surface area contributed by atoms with Crippen LogP contribution in [0, 0.1) is 0 Å². The number of rotatable bonds is 1. The Morgan fingerprint density at radius 3 is 2.88 bits per heavy atom. The molecule has 1 rings (SSSR count). The molecule has 8 heavy (non-hydrogen) atoms. The molecular weight excluding hydrogens is 125 g/mol. The van der Waals surface area contributed by atoms with Gasteiger partial charge in [-0.15, -0.1) is 0 Å². The fraction of sp³-hybridized carbons (Fsp3) is 0.750. The zero-order valence-electron chi connectivity index (χ0n) is 4.39. The van der Waals surface area contributed by atoms with Gasteiger partial charge in [-0.25, -0.2) is 0 Å². The number of hydrogen-bond acceptors (Lipinski definition) is 2. The lowest BCUT2D eigenvalue weighted by molar-refractivity contribution is -0.124. The third-order valence-electron chi connectivity index (χ3n) is 1.16.